The Balaban J connectivity index is 1.72. The number of aromatic nitrogens is 2. The highest BCUT2D eigenvalue weighted by Crippen LogP contribution is 2.22. The lowest BCUT2D eigenvalue weighted by molar-refractivity contribution is -0.130. The molecule has 118 valence electrons. The minimum atomic E-state index is -0.0402. The van der Waals surface area contributed by atoms with Crippen molar-refractivity contribution in [2.45, 2.75) is 24.9 Å². The number of thioether (sulfide) groups is 1. The van der Waals surface area contributed by atoms with E-state index in [0.29, 0.717) is 21.5 Å². The van der Waals surface area contributed by atoms with Crippen molar-refractivity contribution in [1.82, 2.24) is 14.5 Å². The van der Waals surface area contributed by atoms with Crippen molar-refractivity contribution in [3.63, 3.8) is 0 Å². The molecule has 0 radical (unpaired) electrons. The smallest absolute Gasteiger partial charge is 0.271 e. The second kappa shape index (κ2) is 6.42. The van der Waals surface area contributed by atoms with Gasteiger partial charge in [-0.05, 0) is 30.2 Å². The molecule has 0 aliphatic carbocycles. The van der Waals surface area contributed by atoms with E-state index in [4.69, 9.17) is 0 Å². The molecule has 5 nitrogen and oxygen atoms in total. The fraction of sp³-hybridized carbons (Fsp3) is 0.533. The van der Waals surface area contributed by atoms with E-state index in [9.17, 15) is 9.59 Å². The minimum absolute atomic E-state index is 0.0402. The molecule has 0 N–H and O–H groups in total. The van der Waals surface area contributed by atoms with Crippen molar-refractivity contribution in [3.05, 3.63) is 21.8 Å². The summed E-state index contributed by atoms with van der Waals surface area (Å²) in [4.78, 5) is 31.0. The number of carbonyl (C=O) groups excluding carboxylic acids is 1. The monoisotopic (exact) mass is 337 g/mol. The highest BCUT2D eigenvalue weighted by atomic mass is 32.2. The lowest BCUT2D eigenvalue weighted by atomic mass is 10.0. The Morgan fingerprint density at radius 2 is 2.36 bits per heavy atom. The maximum atomic E-state index is 12.3. The van der Waals surface area contributed by atoms with E-state index in [1.165, 1.54) is 34.1 Å². The first-order chi connectivity index (χ1) is 10.6. The number of carbonyl (C=O) groups is 1. The van der Waals surface area contributed by atoms with Gasteiger partial charge in [0.2, 0.25) is 5.91 Å². The number of rotatable bonds is 3. The van der Waals surface area contributed by atoms with Crippen molar-refractivity contribution >= 4 is 39.2 Å². The summed E-state index contributed by atoms with van der Waals surface area (Å²) in [5.74, 6) is 1.05. The zero-order valence-electron chi connectivity index (χ0n) is 12.7. The molecule has 0 aromatic carbocycles. The summed E-state index contributed by atoms with van der Waals surface area (Å²) in [7, 11) is 1.71. The Kier molecular flexibility index (Phi) is 4.54. The molecule has 22 heavy (non-hydrogen) atoms. The zero-order chi connectivity index (χ0) is 15.7. The Hall–Kier alpha value is -1.34. The first-order valence-electron chi connectivity index (χ1n) is 7.41. The molecule has 1 atom stereocenters. The number of piperidine rings is 1. The molecule has 0 unspecified atom stereocenters. The SMILES string of the molecule is C[C@@H]1CCCN(C(=O)CSc2nc3ccsc3c(=O)n2C)C1. The maximum Gasteiger partial charge on any atom is 0.271 e. The van der Waals surface area contributed by atoms with Gasteiger partial charge in [-0.3, -0.25) is 14.2 Å². The van der Waals surface area contributed by atoms with Gasteiger partial charge >= 0.3 is 0 Å². The van der Waals surface area contributed by atoms with E-state index < -0.39 is 0 Å². The number of amides is 1. The Morgan fingerprint density at radius 1 is 1.55 bits per heavy atom. The molecule has 1 amide bonds. The molecule has 3 heterocycles. The van der Waals surface area contributed by atoms with Gasteiger partial charge in [-0.2, -0.15) is 0 Å². The molecule has 1 aliphatic rings. The number of hydrogen-bond donors (Lipinski definition) is 0. The van der Waals surface area contributed by atoms with Gasteiger partial charge in [-0.1, -0.05) is 18.7 Å². The molecule has 1 saturated heterocycles. The molecule has 2 aromatic heterocycles. The van der Waals surface area contributed by atoms with Crippen molar-refractivity contribution in [3.8, 4) is 0 Å². The molecule has 0 bridgehead atoms. The molecular formula is C15H19N3O2S2. The average Bonchev–Trinajstić information content (AvgIpc) is 2.97. The van der Waals surface area contributed by atoms with Crippen LogP contribution in [0.25, 0.3) is 10.2 Å². The summed E-state index contributed by atoms with van der Waals surface area (Å²) >= 11 is 2.75. The average molecular weight is 337 g/mol. The molecule has 0 saturated carbocycles. The van der Waals surface area contributed by atoms with Gasteiger partial charge in [0.15, 0.2) is 5.16 Å². The third kappa shape index (κ3) is 3.05. The van der Waals surface area contributed by atoms with Gasteiger partial charge in [-0.15, -0.1) is 11.3 Å². The first-order valence-corrected chi connectivity index (χ1v) is 9.27. The summed E-state index contributed by atoms with van der Waals surface area (Å²) in [5.41, 5.74) is 0.677. The third-order valence-electron chi connectivity index (χ3n) is 3.98. The van der Waals surface area contributed by atoms with Crippen LogP contribution < -0.4 is 5.56 Å². The summed E-state index contributed by atoms with van der Waals surface area (Å²) in [5, 5.41) is 2.47. The fourth-order valence-electron chi connectivity index (χ4n) is 2.73. The number of nitrogens with zero attached hydrogens (tertiary/aromatic N) is 3. The van der Waals surface area contributed by atoms with Crippen LogP contribution >= 0.6 is 23.1 Å². The highest BCUT2D eigenvalue weighted by Gasteiger charge is 2.21. The van der Waals surface area contributed by atoms with Crippen LogP contribution in [0.5, 0.6) is 0 Å². The Morgan fingerprint density at radius 3 is 3.14 bits per heavy atom. The molecule has 1 fully saturated rings. The molecule has 1 aliphatic heterocycles. The van der Waals surface area contributed by atoms with Crippen molar-refractivity contribution < 1.29 is 4.79 Å². The first kappa shape index (κ1) is 15.6. The summed E-state index contributed by atoms with van der Waals surface area (Å²) in [6.07, 6.45) is 2.27. The fourth-order valence-corrected chi connectivity index (χ4v) is 4.41. The van der Waals surface area contributed by atoms with Crippen LogP contribution in [0.1, 0.15) is 19.8 Å². The van der Waals surface area contributed by atoms with Crippen molar-refractivity contribution in [2.24, 2.45) is 13.0 Å². The Labute approximate surface area is 137 Å². The number of fused-ring (bicyclic) bond motifs is 1. The zero-order valence-corrected chi connectivity index (χ0v) is 14.4. The molecule has 3 rings (SSSR count). The largest absolute Gasteiger partial charge is 0.342 e. The van der Waals surface area contributed by atoms with Gasteiger partial charge in [0.25, 0.3) is 5.56 Å². The van der Waals surface area contributed by atoms with Gasteiger partial charge in [0.1, 0.15) is 4.70 Å². The minimum Gasteiger partial charge on any atom is -0.342 e. The maximum absolute atomic E-state index is 12.3. The van der Waals surface area contributed by atoms with Gasteiger partial charge < -0.3 is 4.90 Å². The van der Waals surface area contributed by atoms with Crippen LogP contribution in [0, 0.1) is 5.92 Å². The second-order valence-corrected chi connectivity index (χ2v) is 7.63. The van der Waals surface area contributed by atoms with Crippen molar-refractivity contribution in [1.29, 1.82) is 0 Å². The predicted octanol–water partition coefficient (Wildman–Crippen LogP) is 2.35. The van der Waals surface area contributed by atoms with Crippen LogP contribution in [0.3, 0.4) is 0 Å². The quantitative estimate of drug-likeness (QED) is 0.637. The van der Waals surface area contributed by atoms with Crippen molar-refractivity contribution in [2.75, 3.05) is 18.8 Å². The lowest BCUT2D eigenvalue weighted by Gasteiger charge is -2.30. The molecule has 7 heteroatoms. The van der Waals surface area contributed by atoms with E-state index in [1.54, 1.807) is 7.05 Å². The third-order valence-corrected chi connectivity index (χ3v) is 5.89. The normalized spacial score (nSPS) is 18.8. The number of thiophene rings is 1. The molecule has 2 aromatic rings. The summed E-state index contributed by atoms with van der Waals surface area (Å²) in [6, 6.07) is 1.85. The molecular weight excluding hydrogens is 318 g/mol. The van der Waals surface area contributed by atoms with E-state index in [1.807, 2.05) is 16.3 Å². The topological polar surface area (TPSA) is 55.2 Å². The summed E-state index contributed by atoms with van der Waals surface area (Å²) < 4.78 is 2.21. The number of likely N-dealkylation sites (tertiary alicyclic amines) is 1. The van der Waals surface area contributed by atoms with Crippen LogP contribution in [-0.4, -0.2) is 39.2 Å². The summed E-state index contributed by atoms with van der Waals surface area (Å²) in [6.45, 7) is 3.87. The Bertz CT molecular complexity index is 753. The van der Waals surface area contributed by atoms with Gasteiger partial charge in [0, 0.05) is 20.1 Å². The van der Waals surface area contributed by atoms with E-state index in [2.05, 4.69) is 11.9 Å². The number of hydrogen-bond acceptors (Lipinski definition) is 5. The van der Waals surface area contributed by atoms with Crippen LogP contribution in [0.15, 0.2) is 21.4 Å². The standard InChI is InChI=1S/C15H19N3O2S2/c1-10-4-3-6-18(8-10)12(19)9-22-15-16-11-5-7-21-13(11)14(20)17(15)2/h5,7,10H,3-4,6,8-9H2,1-2H3/t10-/m1/s1. The predicted molar refractivity (Wildman–Crippen MR) is 90.6 cm³/mol. The molecule has 0 spiro atoms. The lowest BCUT2D eigenvalue weighted by Crippen LogP contribution is -2.40. The second-order valence-electron chi connectivity index (χ2n) is 5.77. The van der Waals surface area contributed by atoms with E-state index >= 15 is 0 Å². The van der Waals surface area contributed by atoms with Crippen LogP contribution in [-0.2, 0) is 11.8 Å². The van der Waals surface area contributed by atoms with Crippen LogP contribution in [0.4, 0.5) is 0 Å². The van der Waals surface area contributed by atoms with Gasteiger partial charge in [0.05, 0.1) is 11.3 Å². The van der Waals surface area contributed by atoms with E-state index in [0.717, 1.165) is 25.0 Å². The van der Waals surface area contributed by atoms with E-state index in [-0.39, 0.29) is 11.5 Å². The van der Waals surface area contributed by atoms with Crippen LogP contribution in [0.2, 0.25) is 0 Å². The highest BCUT2D eigenvalue weighted by molar-refractivity contribution is 7.99. The van der Waals surface area contributed by atoms with Gasteiger partial charge in [-0.25, -0.2) is 4.98 Å².